The highest BCUT2D eigenvalue weighted by Crippen LogP contribution is 2.32. The van der Waals surface area contributed by atoms with E-state index < -0.39 is 12.1 Å². The fourth-order valence-corrected chi connectivity index (χ4v) is 3.58. The minimum atomic E-state index is -1.13. The molecule has 0 spiro atoms. The van der Waals surface area contributed by atoms with Crippen LogP contribution in [0, 0.1) is 0 Å². The van der Waals surface area contributed by atoms with Gasteiger partial charge in [0.2, 0.25) is 0 Å². The molecule has 1 atom stereocenters. The van der Waals surface area contributed by atoms with Crippen molar-refractivity contribution in [1.82, 2.24) is 0 Å². The number of aliphatic hydroxyl groups excluding tert-OH is 1. The Morgan fingerprint density at radius 2 is 1.48 bits per heavy atom. The molecule has 0 heterocycles. The van der Waals surface area contributed by atoms with Gasteiger partial charge >= 0.3 is 5.97 Å². The summed E-state index contributed by atoms with van der Waals surface area (Å²) in [5.74, 6) is -0.571. The Morgan fingerprint density at radius 1 is 0.879 bits per heavy atom. The molecular weight excluding hydrogens is 420 g/mol. The van der Waals surface area contributed by atoms with Crippen LogP contribution in [-0.2, 0) is 4.79 Å². The van der Waals surface area contributed by atoms with Crippen molar-refractivity contribution in [2.45, 2.75) is 77.2 Å². The summed E-state index contributed by atoms with van der Waals surface area (Å²) in [7, 11) is 0. The van der Waals surface area contributed by atoms with Crippen molar-refractivity contribution in [3.05, 3.63) is 53.6 Å². The summed E-state index contributed by atoms with van der Waals surface area (Å²) >= 11 is 0. The Balaban J connectivity index is 1.86. The summed E-state index contributed by atoms with van der Waals surface area (Å²) in [5, 5.41) is 39.6. The van der Waals surface area contributed by atoms with Crippen LogP contribution < -0.4 is 4.74 Å². The highest BCUT2D eigenvalue weighted by atomic mass is 16.5. The van der Waals surface area contributed by atoms with Crippen molar-refractivity contribution in [3.8, 4) is 23.0 Å². The Hall–Kier alpha value is -2.99. The molecule has 4 N–H and O–H groups in total. The Morgan fingerprint density at radius 3 is 2.15 bits per heavy atom. The molecule has 33 heavy (non-hydrogen) atoms. The number of aliphatic hydroxyl groups is 1. The number of aromatic hydroxyl groups is 3. The summed E-state index contributed by atoms with van der Waals surface area (Å²) in [6, 6.07) is 8.33. The molecule has 2 aromatic rings. The Kier molecular flexibility index (Phi) is 11.3. The largest absolute Gasteiger partial charge is 0.508 e. The average molecular weight is 457 g/mol. The van der Waals surface area contributed by atoms with Crippen molar-refractivity contribution in [2.24, 2.45) is 0 Å². The lowest BCUT2D eigenvalue weighted by atomic mass is 10.1. The van der Waals surface area contributed by atoms with Gasteiger partial charge in [-0.15, -0.1) is 0 Å². The number of phenols is 3. The van der Waals surface area contributed by atoms with E-state index in [1.54, 1.807) is 0 Å². The molecule has 2 rings (SSSR count). The van der Waals surface area contributed by atoms with Crippen LogP contribution in [0.1, 0.15) is 88.4 Å². The summed E-state index contributed by atoms with van der Waals surface area (Å²) in [6.45, 7) is 2.21. The van der Waals surface area contributed by atoms with E-state index in [0.29, 0.717) is 11.1 Å². The van der Waals surface area contributed by atoms with Gasteiger partial charge in [0, 0.05) is 29.7 Å². The van der Waals surface area contributed by atoms with E-state index in [9.17, 15) is 25.2 Å². The minimum absolute atomic E-state index is 0.0649. The van der Waals surface area contributed by atoms with Crippen LogP contribution >= 0.6 is 0 Å². The van der Waals surface area contributed by atoms with Crippen LogP contribution in [0.5, 0.6) is 23.0 Å². The molecule has 0 amide bonds. The van der Waals surface area contributed by atoms with Gasteiger partial charge in [-0.25, -0.2) is 0 Å². The van der Waals surface area contributed by atoms with Gasteiger partial charge < -0.3 is 25.2 Å². The van der Waals surface area contributed by atoms with Crippen molar-refractivity contribution in [2.75, 3.05) is 0 Å². The number of hydrogen-bond donors (Lipinski definition) is 4. The zero-order valence-electron chi connectivity index (χ0n) is 19.4. The second-order valence-electron chi connectivity index (χ2n) is 8.32. The number of unbranched alkanes of at least 4 members (excludes halogenated alkanes) is 8. The molecule has 0 aliphatic heterocycles. The molecular formula is C27H36O6. The van der Waals surface area contributed by atoms with E-state index in [4.69, 9.17) is 4.74 Å². The topological polar surface area (TPSA) is 107 Å². The number of carbonyl (C=O) groups excluding carboxylic acids is 1. The molecule has 0 aliphatic rings. The van der Waals surface area contributed by atoms with Crippen LogP contribution in [0.3, 0.4) is 0 Å². The van der Waals surface area contributed by atoms with E-state index >= 15 is 0 Å². The molecule has 0 fully saturated rings. The van der Waals surface area contributed by atoms with Gasteiger partial charge in [-0.05, 0) is 30.7 Å². The molecule has 6 heteroatoms. The number of carbonyl (C=O) groups is 1. The average Bonchev–Trinajstić information content (AvgIpc) is 2.77. The third-order valence-corrected chi connectivity index (χ3v) is 5.50. The van der Waals surface area contributed by atoms with Crippen LogP contribution in [0.25, 0.3) is 6.08 Å². The zero-order valence-corrected chi connectivity index (χ0v) is 19.4. The lowest BCUT2D eigenvalue weighted by Crippen LogP contribution is -2.10. The van der Waals surface area contributed by atoms with Crippen molar-refractivity contribution in [3.63, 3.8) is 0 Å². The quantitative estimate of drug-likeness (QED) is 0.149. The molecule has 0 saturated heterocycles. The predicted molar refractivity (Wildman–Crippen MR) is 129 cm³/mol. The lowest BCUT2D eigenvalue weighted by molar-refractivity contribution is -0.134. The van der Waals surface area contributed by atoms with Crippen molar-refractivity contribution in [1.29, 1.82) is 0 Å². The normalized spacial score (nSPS) is 12.2. The number of phenolic OH excluding ortho intramolecular Hbond substituents is 3. The van der Waals surface area contributed by atoms with Crippen LogP contribution in [-0.4, -0.2) is 26.4 Å². The van der Waals surface area contributed by atoms with Crippen LogP contribution in [0.2, 0.25) is 0 Å². The van der Waals surface area contributed by atoms with E-state index in [1.807, 2.05) is 0 Å². The fourth-order valence-electron chi connectivity index (χ4n) is 3.58. The number of benzene rings is 2. The van der Waals surface area contributed by atoms with Gasteiger partial charge in [0.05, 0.1) is 0 Å². The number of ether oxygens (including phenoxy) is 1. The summed E-state index contributed by atoms with van der Waals surface area (Å²) < 4.78 is 5.44. The first-order valence-corrected chi connectivity index (χ1v) is 11.8. The minimum Gasteiger partial charge on any atom is -0.508 e. The Bertz CT molecular complexity index is 905. The maximum absolute atomic E-state index is 12.3. The molecule has 0 saturated carbocycles. The molecule has 2 aromatic carbocycles. The molecule has 0 radical (unpaired) electrons. The molecule has 180 valence electrons. The maximum Gasteiger partial charge on any atom is 0.311 e. The van der Waals surface area contributed by atoms with Crippen molar-refractivity contribution < 1.29 is 30.0 Å². The molecule has 0 bridgehead atoms. The van der Waals surface area contributed by atoms with E-state index in [1.165, 1.54) is 87.1 Å². The fraction of sp³-hybridized carbons (Fsp3) is 0.444. The molecule has 0 aromatic heterocycles. The molecule has 6 nitrogen and oxygen atoms in total. The van der Waals surface area contributed by atoms with E-state index in [0.717, 1.165) is 19.3 Å². The van der Waals surface area contributed by atoms with Gasteiger partial charge in [0.1, 0.15) is 29.1 Å². The van der Waals surface area contributed by atoms with Gasteiger partial charge in [-0.1, -0.05) is 70.4 Å². The third kappa shape index (κ3) is 9.58. The number of hydrogen-bond acceptors (Lipinski definition) is 6. The first-order valence-electron chi connectivity index (χ1n) is 11.8. The maximum atomic E-state index is 12.3. The second-order valence-corrected chi connectivity index (χ2v) is 8.32. The number of esters is 1. The van der Waals surface area contributed by atoms with Crippen LogP contribution in [0.15, 0.2) is 42.5 Å². The first-order chi connectivity index (χ1) is 15.9. The summed E-state index contributed by atoms with van der Waals surface area (Å²) in [6.07, 6.45) is 12.4. The second kappa shape index (κ2) is 14.2. The standard InChI is InChI=1S/C27H36O6/c1-2-3-4-5-6-7-8-9-10-11-27(32)33-26-19-22(29)15-16-23(26)24(30)17-13-20-12-14-21(28)18-25(20)31/h12-19,24,28-31H,2-11H2,1H3. The monoisotopic (exact) mass is 456 g/mol. The lowest BCUT2D eigenvalue weighted by Gasteiger charge is -2.13. The van der Waals surface area contributed by atoms with Gasteiger partial charge in [0.25, 0.3) is 0 Å². The third-order valence-electron chi connectivity index (χ3n) is 5.50. The smallest absolute Gasteiger partial charge is 0.311 e. The molecule has 0 aliphatic carbocycles. The Labute approximate surface area is 196 Å². The van der Waals surface area contributed by atoms with Crippen LogP contribution in [0.4, 0.5) is 0 Å². The molecule has 1 unspecified atom stereocenters. The van der Waals surface area contributed by atoms with Crippen molar-refractivity contribution >= 4 is 12.0 Å². The van der Waals surface area contributed by atoms with Gasteiger partial charge in [-0.2, -0.15) is 0 Å². The first kappa shape index (κ1) is 26.3. The summed E-state index contributed by atoms with van der Waals surface area (Å²) in [4.78, 5) is 12.3. The zero-order chi connectivity index (χ0) is 24.1. The van der Waals surface area contributed by atoms with Gasteiger partial charge in [-0.3, -0.25) is 4.79 Å². The van der Waals surface area contributed by atoms with Gasteiger partial charge in [0.15, 0.2) is 0 Å². The highest BCUT2D eigenvalue weighted by Gasteiger charge is 2.15. The number of rotatable bonds is 14. The SMILES string of the molecule is CCCCCCCCCCCC(=O)Oc1cc(O)ccc1C(O)C=Cc1ccc(O)cc1O. The highest BCUT2D eigenvalue weighted by molar-refractivity contribution is 5.73. The van der Waals surface area contributed by atoms with E-state index in [-0.39, 0.29) is 29.4 Å². The summed E-state index contributed by atoms with van der Waals surface area (Å²) in [5.41, 5.74) is 0.734. The predicted octanol–water partition coefficient (Wildman–Crippen LogP) is 6.38. The van der Waals surface area contributed by atoms with E-state index in [2.05, 4.69) is 6.92 Å².